The van der Waals surface area contributed by atoms with E-state index in [0.717, 1.165) is 35.1 Å². The van der Waals surface area contributed by atoms with Crippen LogP contribution in [0.25, 0.3) is 11.1 Å². The maximum Gasteiger partial charge on any atom is 0.335 e. The number of rotatable bonds is 11. The molecular formula is C28H31NO3. The fraction of sp³-hybridized carbons (Fsp3) is 0.250. The normalized spacial score (nSPS) is 12.8. The fourth-order valence-electron chi connectivity index (χ4n) is 3.81. The van der Waals surface area contributed by atoms with E-state index in [4.69, 9.17) is 0 Å². The highest BCUT2D eigenvalue weighted by atomic mass is 16.4. The molecule has 3 aromatic rings. The molecule has 32 heavy (non-hydrogen) atoms. The first-order valence-electron chi connectivity index (χ1n) is 11.0. The molecule has 0 aliphatic carbocycles. The Morgan fingerprint density at radius 1 is 1.03 bits per heavy atom. The SMILES string of the molecule is C=CCCc1cc(-c2ccc(C[C@@H](C)NC[C@H](O)c3ccccc3)cc2)ccc1C(=O)O. The molecule has 0 aromatic heterocycles. The van der Waals surface area contributed by atoms with E-state index < -0.39 is 12.1 Å². The quantitative estimate of drug-likeness (QED) is 0.356. The molecule has 0 fully saturated rings. The number of carboxylic acid groups (broad SMARTS) is 1. The number of allylic oxidation sites excluding steroid dienone is 1. The lowest BCUT2D eigenvalue weighted by Gasteiger charge is -2.18. The summed E-state index contributed by atoms with van der Waals surface area (Å²) in [6, 6.07) is 23.8. The van der Waals surface area contributed by atoms with Gasteiger partial charge in [0.1, 0.15) is 0 Å². The highest BCUT2D eigenvalue weighted by Crippen LogP contribution is 2.25. The first kappa shape index (κ1) is 23.5. The summed E-state index contributed by atoms with van der Waals surface area (Å²) in [5.74, 6) is -0.898. The van der Waals surface area contributed by atoms with Crippen molar-refractivity contribution in [3.05, 3.63) is 108 Å². The van der Waals surface area contributed by atoms with Crippen molar-refractivity contribution in [2.75, 3.05) is 6.54 Å². The Kier molecular flexibility index (Phi) is 8.37. The number of aromatic carboxylic acids is 1. The summed E-state index contributed by atoms with van der Waals surface area (Å²) < 4.78 is 0. The summed E-state index contributed by atoms with van der Waals surface area (Å²) in [6.07, 6.45) is 3.54. The predicted molar refractivity (Wildman–Crippen MR) is 130 cm³/mol. The molecule has 0 saturated heterocycles. The van der Waals surface area contributed by atoms with Gasteiger partial charge in [0.25, 0.3) is 0 Å². The molecule has 0 unspecified atom stereocenters. The van der Waals surface area contributed by atoms with E-state index in [0.29, 0.717) is 18.5 Å². The van der Waals surface area contributed by atoms with Crippen LogP contribution >= 0.6 is 0 Å². The molecule has 0 aliphatic rings. The number of benzene rings is 3. The van der Waals surface area contributed by atoms with E-state index in [1.165, 1.54) is 5.56 Å². The topological polar surface area (TPSA) is 69.6 Å². The number of aryl methyl sites for hydroxylation is 1. The second-order valence-electron chi connectivity index (χ2n) is 8.14. The van der Waals surface area contributed by atoms with Crippen molar-refractivity contribution in [3.8, 4) is 11.1 Å². The second-order valence-corrected chi connectivity index (χ2v) is 8.14. The Labute approximate surface area is 190 Å². The lowest BCUT2D eigenvalue weighted by molar-refractivity contribution is 0.0695. The van der Waals surface area contributed by atoms with Crippen molar-refractivity contribution in [2.45, 2.75) is 38.3 Å². The van der Waals surface area contributed by atoms with Gasteiger partial charge >= 0.3 is 5.97 Å². The molecule has 4 nitrogen and oxygen atoms in total. The first-order chi connectivity index (χ1) is 15.5. The molecule has 0 bridgehead atoms. The highest BCUT2D eigenvalue weighted by Gasteiger charge is 2.12. The van der Waals surface area contributed by atoms with Crippen LogP contribution in [0.4, 0.5) is 0 Å². The Hall–Kier alpha value is -3.21. The van der Waals surface area contributed by atoms with Crippen LogP contribution in [-0.4, -0.2) is 28.8 Å². The van der Waals surface area contributed by atoms with Gasteiger partial charge in [-0.2, -0.15) is 0 Å². The van der Waals surface area contributed by atoms with Crippen LogP contribution < -0.4 is 5.32 Å². The average Bonchev–Trinajstić information content (AvgIpc) is 2.82. The van der Waals surface area contributed by atoms with Gasteiger partial charge in [0.05, 0.1) is 11.7 Å². The van der Waals surface area contributed by atoms with E-state index in [-0.39, 0.29) is 6.04 Å². The standard InChI is InChI=1S/C28H31NO3/c1-3-4-8-25-18-24(15-16-26(25)28(31)32)22-13-11-21(12-14-22)17-20(2)29-19-27(30)23-9-6-5-7-10-23/h3,5-7,9-16,18,20,27,29-30H,1,4,8,17,19H2,2H3,(H,31,32)/t20-,27+/m1/s1. The monoisotopic (exact) mass is 429 g/mol. The van der Waals surface area contributed by atoms with E-state index in [2.05, 4.69) is 43.1 Å². The minimum atomic E-state index is -0.898. The van der Waals surface area contributed by atoms with Gasteiger partial charge in [-0.05, 0) is 60.1 Å². The van der Waals surface area contributed by atoms with Gasteiger partial charge in [-0.25, -0.2) is 4.79 Å². The fourth-order valence-corrected chi connectivity index (χ4v) is 3.81. The van der Waals surface area contributed by atoms with E-state index in [9.17, 15) is 15.0 Å². The van der Waals surface area contributed by atoms with Gasteiger partial charge in [-0.15, -0.1) is 6.58 Å². The molecule has 3 rings (SSSR count). The Morgan fingerprint density at radius 3 is 2.38 bits per heavy atom. The minimum Gasteiger partial charge on any atom is -0.478 e. The summed E-state index contributed by atoms with van der Waals surface area (Å²) in [4.78, 5) is 11.5. The summed E-state index contributed by atoms with van der Waals surface area (Å²) in [5, 5.41) is 23.2. The molecule has 0 saturated carbocycles. The zero-order valence-electron chi connectivity index (χ0n) is 18.5. The third kappa shape index (κ3) is 6.39. The molecule has 0 heterocycles. The first-order valence-corrected chi connectivity index (χ1v) is 11.0. The maximum absolute atomic E-state index is 11.5. The van der Waals surface area contributed by atoms with Crippen LogP contribution in [0.3, 0.4) is 0 Å². The van der Waals surface area contributed by atoms with Crippen LogP contribution in [0.5, 0.6) is 0 Å². The molecule has 0 amide bonds. The average molecular weight is 430 g/mol. The lowest BCUT2D eigenvalue weighted by atomic mass is 9.95. The Balaban J connectivity index is 1.62. The van der Waals surface area contributed by atoms with E-state index in [1.54, 1.807) is 12.1 Å². The maximum atomic E-state index is 11.5. The zero-order valence-corrected chi connectivity index (χ0v) is 18.5. The van der Waals surface area contributed by atoms with Crippen molar-refractivity contribution in [3.63, 3.8) is 0 Å². The highest BCUT2D eigenvalue weighted by molar-refractivity contribution is 5.90. The Morgan fingerprint density at radius 2 is 1.72 bits per heavy atom. The van der Waals surface area contributed by atoms with Gasteiger partial charge < -0.3 is 15.5 Å². The number of hydrogen-bond acceptors (Lipinski definition) is 3. The number of aliphatic hydroxyl groups is 1. The summed E-state index contributed by atoms with van der Waals surface area (Å²) in [6.45, 7) is 6.36. The molecule has 0 aliphatic heterocycles. The van der Waals surface area contributed by atoms with Crippen molar-refractivity contribution in [2.24, 2.45) is 0 Å². The van der Waals surface area contributed by atoms with E-state index >= 15 is 0 Å². The summed E-state index contributed by atoms with van der Waals surface area (Å²) in [5.41, 5.74) is 5.37. The third-order valence-electron chi connectivity index (χ3n) is 5.63. The number of carboxylic acids is 1. The minimum absolute atomic E-state index is 0.222. The number of hydrogen-bond donors (Lipinski definition) is 3. The van der Waals surface area contributed by atoms with Crippen molar-refractivity contribution in [1.82, 2.24) is 5.32 Å². The number of nitrogens with one attached hydrogen (secondary N) is 1. The third-order valence-corrected chi connectivity index (χ3v) is 5.63. The summed E-state index contributed by atoms with van der Waals surface area (Å²) in [7, 11) is 0. The lowest BCUT2D eigenvalue weighted by Crippen LogP contribution is -2.32. The molecule has 3 aromatic carbocycles. The second kappa shape index (κ2) is 11.4. The Bertz CT molecular complexity index is 1030. The molecule has 4 heteroatoms. The summed E-state index contributed by atoms with van der Waals surface area (Å²) >= 11 is 0. The largest absolute Gasteiger partial charge is 0.478 e. The predicted octanol–water partition coefficient (Wildman–Crippen LogP) is 5.42. The molecule has 0 spiro atoms. The van der Waals surface area contributed by atoms with Crippen molar-refractivity contribution in [1.29, 1.82) is 0 Å². The van der Waals surface area contributed by atoms with E-state index in [1.807, 2.05) is 42.5 Å². The number of carbonyl (C=O) groups is 1. The van der Waals surface area contributed by atoms with Crippen molar-refractivity contribution < 1.29 is 15.0 Å². The molecule has 2 atom stereocenters. The van der Waals surface area contributed by atoms with Crippen LogP contribution in [0.1, 0.15) is 46.5 Å². The molecule has 0 radical (unpaired) electrons. The van der Waals surface area contributed by atoms with Gasteiger partial charge in [0.2, 0.25) is 0 Å². The van der Waals surface area contributed by atoms with Crippen LogP contribution in [0, 0.1) is 0 Å². The van der Waals surface area contributed by atoms with Crippen LogP contribution in [0.2, 0.25) is 0 Å². The van der Waals surface area contributed by atoms with Crippen LogP contribution in [0.15, 0.2) is 85.5 Å². The van der Waals surface area contributed by atoms with Gasteiger partial charge in [0.15, 0.2) is 0 Å². The number of aliphatic hydroxyl groups excluding tert-OH is 1. The molecule has 3 N–H and O–H groups in total. The van der Waals surface area contributed by atoms with Gasteiger partial charge in [-0.1, -0.05) is 72.8 Å². The smallest absolute Gasteiger partial charge is 0.335 e. The van der Waals surface area contributed by atoms with Gasteiger partial charge in [0, 0.05) is 12.6 Å². The molecule has 166 valence electrons. The molecular weight excluding hydrogens is 398 g/mol. The zero-order chi connectivity index (χ0) is 22.9. The van der Waals surface area contributed by atoms with Crippen LogP contribution in [-0.2, 0) is 12.8 Å². The van der Waals surface area contributed by atoms with Crippen molar-refractivity contribution >= 4 is 5.97 Å². The van der Waals surface area contributed by atoms with Gasteiger partial charge in [-0.3, -0.25) is 0 Å².